The molecule has 1 aromatic heterocycles. The van der Waals surface area contributed by atoms with Gasteiger partial charge in [0.1, 0.15) is 0 Å². The van der Waals surface area contributed by atoms with E-state index >= 15 is 0 Å². The van der Waals surface area contributed by atoms with Gasteiger partial charge in [0.25, 0.3) is 5.91 Å². The van der Waals surface area contributed by atoms with E-state index < -0.39 is 0 Å². The van der Waals surface area contributed by atoms with Crippen molar-refractivity contribution in [3.05, 3.63) is 78.6 Å². The van der Waals surface area contributed by atoms with Crippen LogP contribution in [0, 0.1) is 0 Å². The highest BCUT2D eigenvalue weighted by atomic mass is 16.1. The molecule has 5 heteroatoms. The second-order valence-corrected chi connectivity index (χ2v) is 7.00. The van der Waals surface area contributed by atoms with Crippen LogP contribution in [-0.4, -0.2) is 24.0 Å². The minimum absolute atomic E-state index is 0.171. The molecule has 1 aliphatic heterocycles. The summed E-state index contributed by atoms with van der Waals surface area (Å²) in [5.41, 5.74) is 4.25. The number of hydrogen-bond acceptors (Lipinski definition) is 4. The SMILES string of the molecule is O=C(Nc1ccc(N2CCCCC2)cc1)c1cncc(Nc2ccccc2)c1. The molecule has 3 aromatic rings. The molecule has 5 nitrogen and oxygen atoms in total. The molecule has 0 bridgehead atoms. The van der Waals surface area contributed by atoms with Crippen LogP contribution in [0.25, 0.3) is 0 Å². The minimum atomic E-state index is -0.171. The largest absolute Gasteiger partial charge is 0.372 e. The highest BCUT2D eigenvalue weighted by Gasteiger charge is 2.12. The maximum absolute atomic E-state index is 12.6. The Bertz CT molecular complexity index is 919. The summed E-state index contributed by atoms with van der Waals surface area (Å²) in [7, 11) is 0. The van der Waals surface area contributed by atoms with Gasteiger partial charge in [-0.15, -0.1) is 0 Å². The number of nitrogens with one attached hydrogen (secondary N) is 2. The third-order valence-electron chi connectivity index (χ3n) is 4.91. The Balaban J connectivity index is 1.41. The standard InChI is InChI=1S/C23H24N4O/c28-23(18-15-21(17-24-16-18)25-19-7-3-1-4-8-19)26-20-9-11-22(12-10-20)27-13-5-2-6-14-27/h1,3-4,7-12,15-17,25H,2,5-6,13-14H2,(H,26,28). The first-order chi connectivity index (χ1) is 13.8. The molecule has 1 saturated heterocycles. The fraction of sp³-hybridized carbons (Fsp3) is 0.217. The number of hydrogen-bond donors (Lipinski definition) is 2. The van der Waals surface area contributed by atoms with Crippen molar-refractivity contribution in [1.82, 2.24) is 4.98 Å². The summed E-state index contributed by atoms with van der Waals surface area (Å²) < 4.78 is 0. The Kier molecular flexibility index (Phi) is 5.52. The fourth-order valence-corrected chi connectivity index (χ4v) is 3.43. The molecule has 0 aliphatic carbocycles. The van der Waals surface area contributed by atoms with Gasteiger partial charge in [-0.2, -0.15) is 0 Å². The molecule has 1 fully saturated rings. The molecule has 0 radical (unpaired) electrons. The zero-order valence-electron chi connectivity index (χ0n) is 15.8. The number of para-hydroxylation sites is 1. The first-order valence-electron chi connectivity index (χ1n) is 9.71. The number of amides is 1. The summed E-state index contributed by atoms with van der Waals surface area (Å²) in [5.74, 6) is -0.171. The van der Waals surface area contributed by atoms with Crippen molar-refractivity contribution in [2.24, 2.45) is 0 Å². The smallest absolute Gasteiger partial charge is 0.257 e. The molecule has 0 atom stereocenters. The maximum Gasteiger partial charge on any atom is 0.257 e. The number of anilines is 4. The molecule has 0 spiro atoms. The lowest BCUT2D eigenvalue weighted by Gasteiger charge is -2.28. The van der Waals surface area contributed by atoms with Crippen LogP contribution in [0.4, 0.5) is 22.7 Å². The van der Waals surface area contributed by atoms with Crippen molar-refractivity contribution in [3.8, 4) is 0 Å². The molecule has 2 aromatic carbocycles. The van der Waals surface area contributed by atoms with Crippen LogP contribution in [0.1, 0.15) is 29.6 Å². The van der Waals surface area contributed by atoms with E-state index in [9.17, 15) is 4.79 Å². The van der Waals surface area contributed by atoms with Crippen molar-refractivity contribution in [2.45, 2.75) is 19.3 Å². The molecule has 2 heterocycles. The van der Waals surface area contributed by atoms with Gasteiger partial charge in [0.05, 0.1) is 17.4 Å². The van der Waals surface area contributed by atoms with E-state index in [4.69, 9.17) is 0 Å². The van der Waals surface area contributed by atoms with Crippen molar-refractivity contribution >= 4 is 28.7 Å². The van der Waals surface area contributed by atoms with Gasteiger partial charge in [0, 0.05) is 36.3 Å². The zero-order valence-corrected chi connectivity index (χ0v) is 15.8. The lowest BCUT2D eigenvalue weighted by atomic mass is 10.1. The van der Waals surface area contributed by atoms with E-state index in [1.54, 1.807) is 18.5 Å². The summed E-state index contributed by atoms with van der Waals surface area (Å²) in [6.45, 7) is 2.22. The second kappa shape index (κ2) is 8.57. The molecule has 142 valence electrons. The number of piperidine rings is 1. The van der Waals surface area contributed by atoms with Crippen molar-refractivity contribution in [3.63, 3.8) is 0 Å². The third kappa shape index (κ3) is 4.49. The lowest BCUT2D eigenvalue weighted by molar-refractivity contribution is 0.102. The topological polar surface area (TPSA) is 57.3 Å². The first kappa shape index (κ1) is 18.0. The van der Waals surface area contributed by atoms with Crippen molar-refractivity contribution in [2.75, 3.05) is 28.6 Å². The predicted molar refractivity (Wildman–Crippen MR) is 114 cm³/mol. The molecule has 0 saturated carbocycles. The van der Waals surface area contributed by atoms with E-state index in [0.29, 0.717) is 5.56 Å². The molecule has 0 unspecified atom stereocenters. The number of nitrogens with zero attached hydrogens (tertiary/aromatic N) is 2. The Morgan fingerprint density at radius 1 is 0.821 bits per heavy atom. The zero-order chi connectivity index (χ0) is 19.2. The van der Waals surface area contributed by atoms with Gasteiger partial charge < -0.3 is 15.5 Å². The highest BCUT2D eigenvalue weighted by molar-refractivity contribution is 6.04. The summed E-state index contributed by atoms with van der Waals surface area (Å²) in [6, 6.07) is 19.7. The number of carbonyl (C=O) groups excluding carboxylic acids is 1. The van der Waals surface area contributed by atoms with Crippen LogP contribution >= 0.6 is 0 Å². The Morgan fingerprint density at radius 3 is 2.32 bits per heavy atom. The van der Waals surface area contributed by atoms with Crippen LogP contribution in [0.3, 0.4) is 0 Å². The number of aromatic nitrogens is 1. The lowest BCUT2D eigenvalue weighted by Crippen LogP contribution is -2.29. The third-order valence-corrected chi connectivity index (χ3v) is 4.91. The molecule has 2 N–H and O–H groups in total. The van der Waals surface area contributed by atoms with Gasteiger partial charge in [-0.3, -0.25) is 9.78 Å². The number of carbonyl (C=O) groups is 1. The first-order valence-corrected chi connectivity index (χ1v) is 9.71. The van der Waals surface area contributed by atoms with E-state index in [-0.39, 0.29) is 5.91 Å². The Morgan fingerprint density at radius 2 is 1.57 bits per heavy atom. The van der Waals surface area contributed by atoms with Gasteiger partial charge >= 0.3 is 0 Å². The summed E-state index contributed by atoms with van der Waals surface area (Å²) in [6.07, 6.45) is 7.10. The van der Waals surface area contributed by atoms with E-state index in [1.165, 1.54) is 24.9 Å². The summed E-state index contributed by atoms with van der Waals surface area (Å²) >= 11 is 0. The second-order valence-electron chi connectivity index (χ2n) is 7.00. The highest BCUT2D eigenvalue weighted by Crippen LogP contribution is 2.22. The molecule has 4 rings (SSSR count). The molecular formula is C23H24N4O. The van der Waals surface area contributed by atoms with Crippen molar-refractivity contribution < 1.29 is 4.79 Å². The van der Waals surface area contributed by atoms with Gasteiger partial charge in [0.15, 0.2) is 0 Å². The van der Waals surface area contributed by atoms with E-state index in [1.807, 2.05) is 42.5 Å². The molecular weight excluding hydrogens is 348 g/mol. The summed E-state index contributed by atoms with van der Waals surface area (Å²) in [4.78, 5) is 19.2. The monoisotopic (exact) mass is 372 g/mol. The molecule has 1 aliphatic rings. The minimum Gasteiger partial charge on any atom is -0.372 e. The van der Waals surface area contributed by atoms with Gasteiger partial charge in [0.2, 0.25) is 0 Å². The number of rotatable bonds is 5. The normalized spacial score (nSPS) is 13.8. The van der Waals surface area contributed by atoms with Gasteiger partial charge in [-0.25, -0.2) is 0 Å². The molecule has 1 amide bonds. The van der Waals surface area contributed by atoms with Crippen LogP contribution in [0.5, 0.6) is 0 Å². The average Bonchev–Trinajstić information content (AvgIpc) is 2.76. The van der Waals surface area contributed by atoms with Crippen LogP contribution < -0.4 is 15.5 Å². The number of pyridine rings is 1. The van der Waals surface area contributed by atoms with E-state index in [2.05, 4.69) is 32.7 Å². The maximum atomic E-state index is 12.6. The Hall–Kier alpha value is -3.34. The fourth-order valence-electron chi connectivity index (χ4n) is 3.43. The quantitative estimate of drug-likeness (QED) is 0.657. The van der Waals surface area contributed by atoms with Crippen LogP contribution in [0.2, 0.25) is 0 Å². The Labute approximate surface area is 165 Å². The van der Waals surface area contributed by atoms with E-state index in [0.717, 1.165) is 30.2 Å². The number of benzene rings is 2. The van der Waals surface area contributed by atoms with Crippen molar-refractivity contribution in [1.29, 1.82) is 0 Å². The van der Waals surface area contributed by atoms with Gasteiger partial charge in [-0.1, -0.05) is 18.2 Å². The summed E-state index contributed by atoms with van der Waals surface area (Å²) in [5, 5.41) is 6.21. The van der Waals surface area contributed by atoms with Gasteiger partial charge in [-0.05, 0) is 61.7 Å². The predicted octanol–water partition coefficient (Wildman–Crippen LogP) is 5.07. The van der Waals surface area contributed by atoms with Crippen LogP contribution in [0.15, 0.2) is 73.1 Å². The average molecular weight is 372 g/mol. The molecule has 28 heavy (non-hydrogen) atoms. The van der Waals surface area contributed by atoms with Crippen LogP contribution in [-0.2, 0) is 0 Å².